The van der Waals surface area contributed by atoms with Crippen molar-refractivity contribution < 1.29 is 0 Å². The highest BCUT2D eigenvalue weighted by Gasteiger charge is 2.00. The van der Waals surface area contributed by atoms with Gasteiger partial charge in [-0.1, -0.05) is 0 Å². The third-order valence-electron chi connectivity index (χ3n) is 2.02. The van der Waals surface area contributed by atoms with Crippen LogP contribution < -0.4 is 5.32 Å². The Kier molecular flexibility index (Phi) is 3.18. The molecule has 0 spiro atoms. The van der Waals surface area contributed by atoms with Gasteiger partial charge in [0.2, 0.25) is 5.28 Å². The Bertz CT molecular complexity index is 455. The first kappa shape index (κ1) is 10.4. The highest BCUT2D eigenvalue weighted by molar-refractivity contribution is 7.10. The minimum Gasteiger partial charge on any atom is -0.365 e. The van der Waals surface area contributed by atoms with Crippen molar-refractivity contribution in [2.45, 2.75) is 13.5 Å². The van der Waals surface area contributed by atoms with E-state index >= 15 is 0 Å². The van der Waals surface area contributed by atoms with Crippen LogP contribution in [0.2, 0.25) is 5.28 Å². The molecular formula is C10H10ClN3S. The van der Waals surface area contributed by atoms with E-state index in [9.17, 15) is 0 Å². The zero-order valence-electron chi connectivity index (χ0n) is 8.20. The first-order valence-corrected chi connectivity index (χ1v) is 5.77. The van der Waals surface area contributed by atoms with Gasteiger partial charge in [-0.15, -0.1) is 11.3 Å². The third-order valence-corrected chi connectivity index (χ3v) is 3.23. The van der Waals surface area contributed by atoms with Gasteiger partial charge in [0.25, 0.3) is 0 Å². The Hall–Kier alpha value is -1.13. The molecule has 15 heavy (non-hydrogen) atoms. The molecule has 2 aromatic rings. The molecule has 2 heterocycles. The van der Waals surface area contributed by atoms with Crippen LogP contribution in [-0.4, -0.2) is 9.97 Å². The van der Waals surface area contributed by atoms with Crippen LogP contribution in [0.25, 0.3) is 0 Å². The SMILES string of the molecule is Cc1ccsc1CNc1ccnc(Cl)n1. The smallest absolute Gasteiger partial charge is 0.224 e. The van der Waals surface area contributed by atoms with E-state index in [1.165, 1.54) is 10.4 Å². The number of anilines is 1. The molecule has 0 radical (unpaired) electrons. The fourth-order valence-electron chi connectivity index (χ4n) is 1.19. The Labute approximate surface area is 97.2 Å². The number of hydrogen-bond acceptors (Lipinski definition) is 4. The maximum Gasteiger partial charge on any atom is 0.224 e. The van der Waals surface area contributed by atoms with Crippen LogP contribution in [0.4, 0.5) is 5.82 Å². The van der Waals surface area contributed by atoms with Gasteiger partial charge in [-0.25, -0.2) is 9.97 Å². The van der Waals surface area contributed by atoms with Crippen molar-refractivity contribution in [2.24, 2.45) is 0 Å². The molecule has 0 aliphatic rings. The molecule has 78 valence electrons. The molecule has 0 atom stereocenters. The second-order valence-electron chi connectivity index (χ2n) is 3.09. The average molecular weight is 240 g/mol. The number of thiophene rings is 1. The number of aryl methyl sites for hydroxylation is 1. The summed E-state index contributed by atoms with van der Waals surface area (Å²) in [6, 6.07) is 3.91. The van der Waals surface area contributed by atoms with E-state index < -0.39 is 0 Å². The van der Waals surface area contributed by atoms with Crippen molar-refractivity contribution in [3.8, 4) is 0 Å². The fourth-order valence-corrected chi connectivity index (χ4v) is 2.18. The number of rotatable bonds is 3. The lowest BCUT2D eigenvalue weighted by Crippen LogP contribution is -2.01. The van der Waals surface area contributed by atoms with E-state index in [-0.39, 0.29) is 5.28 Å². The van der Waals surface area contributed by atoms with Crippen LogP contribution in [0, 0.1) is 6.92 Å². The molecular weight excluding hydrogens is 230 g/mol. The van der Waals surface area contributed by atoms with E-state index in [4.69, 9.17) is 11.6 Å². The summed E-state index contributed by atoms with van der Waals surface area (Å²) in [4.78, 5) is 9.18. The number of nitrogens with zero attached hydrogens (tertiary/aromatic N) is 2. The molecule has 5 heteroatoms. The summed E-state index contributed by atoms with van der Waals surface area (Å²) in [5.74, 6) is 0.753. The Balaban J connectivity index is 2.02. The Morgan fingerprint density at radius 1 is 1.47 bits per heavy atom. The first-order valence-electron chi connectivity index (χ1n) is 4.51. The zero-order valence-corrected chi connectivity index (χ0v) is 9.77. The molecule has 0 bridgehead atoms. The molecule has 3 nitrogen and oxygen atoms in total. The highest BCUT2D eigenvalue weighted by Crippen LogP contribution is 2.17. The van der Waals surface area contributed by atoms with Gasteiger partial charge in [0.1, 0.15) is 5.82 Å². The predicted octanol–water partition coefficient (Wildman–Crippen LogP) is 3.11. The summed E-state index contributed by atoms with van der Waals surface area (Å²) in [7, 11) is 0. The first-order chi connectivity index (χ1) is 7.25. The van der Waals surface area contributed by atoms with Crippen molar-refractivity contribution in [1.82, 2.24) is 9.97 Å². The van der Waals surface area contributed by atoms with Crippen molar-refractivity contribution in [3.63, 3.8) is 0 Å². The molecule has 0 unspecified atom stereocenters. The second-order valence-corrected chi connectivity index (χ2v) is 4.43. The van der Waals surface area contributed by atoms with Crippen molar-refractivity contribution in [2.75, 3.05) is 5.32 Å². The van der Waals surface area contributed by atoms with Gasteiger partial charge in [-0.05, 0) is 41.6 Å². The fraction of sp³-hybridized carbons (Fsp3) is 0.200. The minimum atomic E-state index is 0.267. The van der Waals surface area contributed by atoms with Gasteiger partial charge >= 0.3 is 0 Å². The van der Waals surface area contributed by atoms with Crippen molar-refractivity contribution in [3.05, 3.63) is 39.4 Å². The van der Waals surface area contributed by atoms with Gasteiger partial charge in [-0.2, -0.15) is 0 Å². The number of hydrogen-bond donors (Lipinski definition) is 1. The van der Waals surface area contributed by atoms with Gasteiger partial charge in [-0.3, -0.25) is 0 Å². The van der Waals surface area contributed by atoms with Crippen LogP contribution in [0.15, 0.2) is 23.7 Å². The molecule has 0 amide bonds. The van der Waals surface area contributed by atoms with E-state index in [2.05, 4.69) is 33.7 Å². The lowest BCUT2D eigenvalue weighted by atomic mass is 10.3. The van der Waals surface area contributed by atoms with Crippen LogP contribution >= 0.6 is 22.9 Å². The molecule has 0 aromatic carbocycles. The van der Waals surface area contributed by atoms with Gasteiger partial charge in [0.05, 0.1) is 6.54 Å². The Morgan fingerprint density at radius 2 is 2.33 bits per heavy atom. The van der Waals surface area contributed by atoms with Crippen molar-refractivity contribution in [1.29, 1.82) is 0 Å². The normalized spacial score (nSPS) is 10.3. The minimum absolute atomic E-state index is 0.267. The monoisotopic (exact) mass is 239 g/mol. The van der Waals surface area contributed by atoms with Crippen LogP contribution in [0.5, 0.6) is 0 Å². The van der Waals surface area contributed by atoms with Gasteiger partial charge in [0.15, 0.2) is 0 Å². The summed E-state index contributed by atoms with van der Waals surface area (Å²) in [5, 5.41) is 5.55. The van der Waals surface area contributed by atoms with Gasteiger partial charge < -0.3 is 5.32 Å². The van der Waals surface area contributed by atoms with E-state index in [1.54, 1.807) is 23.6 Å². The van der Waals surface area contributed by atoms with Crippen LogP contribution in [-0.2, 0) is 6.54 Å². The predicted molar refractivity (Wildman–Crippen MR) is 63.4 cm³/mol. The molecule has 0 aliphatic carbocycles. The maximum atomic E-state index is 5.68. The standard InChI is InChI=1S/C10H10ClN3S/c1-7-3-5-15-8(7)6-13-9-2-4-12-10(11)14-9/h2-5H,6H2,1H3,(H,12,13,14). The average Bonchev–Trinajstić information content (AvgIpc) is 2.61. The van der Waals surface area contributed by atoms with Gasteiger partial charge in [0, 0.05) is 11.1 Å². The van der Waals surface area contributed by atoms with Crippen molar-refractivity contribution >= 4 is 28.8 Å². The highest BCUT2D eigenvalue weighted by atomic mass is 35.5. The lowest BCUT2D eigenvalue weighted by molar-refractivity contribution is 1.09. The summed E-state index contributed by atoms with van der Waals surface area (Å²) in [6.07, 6.45) is 1.64. The molecule has 2 rings (SSSR count). The van der Waals surface area contributed by atoms with E-state index in [0.717, 1.165) is 12.4 Å². The Morgan fingerprint density at radius 3 is 3.00 bits per heavy atom. The largest absolute Gasteiger partial charge is 0.365 e. The second kappa shape index (κ2) is 4.59. The summed E-state index contributed by atoms with van der Waals surface area (Å²) in [6.45, 7) is 2.87. The zero-order chi connectivity index (χ0) is 10.7. The number of aromatic nitrogens is 2. The summed E-state index contributed by atoms with van der Waals surface area (Å²) in [5.41, 5.74) is 1.30. The third kappa shape index (κ3) is 2.67. The number of nitrogens with one attached hydrogen (secondary N) is 1. The van der Waals surface area contributed by atoms with E-state index in [1.807, 2.05) is 0 Å². The maximum absolute atomic E-state index is 5.68. The molecule has 1 N–H and O–H groups in total. The quantitative estimate of drug-likeness (QED) is 0.837. The molecule has 2 aromatic heterocycles. The summed E-state index contributed by atoms with van der Waals surface area (Å²) < 4.78 is 0. The van der Waals surface area contributed by atoms with Crippen LogP contribution in [0.1, 0.15) is 10.4 Å². The molecule has 0 aliphatic heterocycles. The number of halogens is 1. The molecule has 0 saturated heterocycles. The van der Waals surface area contributed by atoms with E-state index in [0.29, 0.717) is 0 Å². The lowest BCUT2D eigenvalue weighted by Gasteiger charge is -2.04. The summed E-state index contributed by atoms with van der Waals surface area (Å²) >= 11 is 7.41. The molecule has 0 saturated carbocycles. The van der Waals surface area contributed by atoms with Crippen LogP contribution in [0.3, 0.4) is 0 Å². The molecule has 0 fully saturated rings. The topological polar surface area (TPSA) is 37.8 Å².